The van der Waals surface area contributed by atoms with Gasteiger partial charge in [0, 0.05) is 6.42 Å². The van der Waals surface area contributed by atoms with E-state index in [9.17, 15) is 9.18 Å². The summed E-state index contributed by atoms with van der Waals surface area (Å²) in [5.41, 5.74) is 5.23. The van der Waals surface area contributed by atoms with Crippen molar-refractivity contribution < 1.29 is 14.3 Å². The van der Waals surface area contributed by atoms with Crippen LogP contribution < -0.4 is 5.73 Å². The molecule has 13 heavy (non-hydrogen) atoms. The molecule has 1 atom stereocenters. The summed E-state index contributed by atoms with van der Waals surface area (Å²) in [6.45, 7) is 0.461. The van der Waals surface area contributed by atoms with Crippen LogP contribution in [0.1, 0.15) is 19.3 Å². The van der Waals surface area contributed by atoms with Crippen LogP contribution in [0.3, 0.4) is 0 Å². The molecule has 0 spiro atoms. The average Bonchev–Trinajstić information content (AvgIpc) is 2.03. The molecule has 78 valence electrons. The van der Waals surface area contributed by atoms with Crippen molar-refractivity contribution in [1.82, 2.24) is 4.90 Å². The second-order valence-electron chi connectivity index (χ2n) is 3.20. The van der Waals surface area contributed by atoms with Crippen molar-refractivity contribution in [1.29, 1.82) is 0 Å². The van der Waals surface area contributed by atoms with Crippen LogP contribution in [0.4, 0.5) is 4.39 Å². The molecular weight excluding hydrogens is 175 g/mol. The van der Waals surface area contributed by atoms with Gasteiger partial charge in [0.1, 0.15) is 0 Å². The lowest BCUT2D eigenvalue weighted by molar-refractivity contribution is -0.164. The van der Waals surface area contributed by atoms with Crippen molar-refractivity contribution in [3.63, 3.8) is 0 Å². The lowest BCUT2D eigenvalue weighted by Gasteiger charge is -2.27. The van der Waals surface area contributed by atoms with Gasteiger partial charge in [0.15, 0.2) is 0 Å². The summed E-state index contributed by atoms with van der Waals surface area (Å²) in [5, 5.41) is 8.65. The number of hydrogen-bond acceptors (Lipinski definition) is 3. The van der Waals surface area contributed by atoms with E-state index in [1.54, 1.807) is 0 Å². The number of aliphatic carboxylic acids is 1. The molecule has 1 unspecified atom stereocenters. The Hall–Kier alpha value is -0.680. The molecule has 0 rings (SSSR count). The maximum atomic E-state index is 13.6. The third kappa shape index (κ3) is 3.28. The first-order chi connectivity index (χ1) is 5.95. The molecule has 0 heterocycles. The molecule has 0 radical (unpaired) electrons. The number of likely N-dealkylation sites (N-methyl/N-ethyl adjacent to an activating group) is 1. The van der Waals surface area contributed by atoms with Crippen molar-refractivity contribution in [2.75, 3.05) is 20.6 Å². The summed E-state index contributed by atoms with van der Waals surface area (Å²) in [7, 11) is 2.83. The van der Waals surface area contributed by atoms with Gasteiger partial charge in [-0.25, -0.2) is 9.18 Å². The van der Waals surface area contributed by atoms with Gasteiger partial charge in [0.05, 0.1) is 0 Å². The normalized spacial score (nSPS) is 15.8. The first-order valence-electron chi connectivity index (χ1n) is 4.25. The van der Waals surface area contributed by atoms with Crippen LogP contribution in [0.25, 0.3) is 0 Å². The number of carboxylic acids is 1. The van der Waals surface area contributed by atoms with Crippen LogP contribution in [0.5, 0.6) is 0 Å². The summed E-state index contributed by atoms with van der Waals surface area (Å²) in [6, 6.07) is 0. The van der Waals surface area contributed by atoms with Gasteiger partial charge in [-0.3, -0.25) is 4.90 Å². The summed E-state index contributed by atoms with van der Waals surface area (Å²) < 4.78 is 13.6. The largest absolute Gasteiger partial charge is 0.478 e. The third-order valence-corrected chi connectivity index (χ3v) is 2.00. The number of carbonyl (C=O) groups is 1. The molecule has 0 bridgehead atoms. The van der Waals surface area contributed by atoms with Gasteiger partial charge in [-0.2, -0.15) is 0 Å². The fourth-order valence-corrected chi connectivity index (χ4v) is 1.03. The average molecular weight is 192 g/mol. The zero-order chi connectivity index (χ0) is 10.5. The van der Waals surface area contributed by atoms with Crippen molar-refractivity contribution in [3.8, 4) is 0 Å². The monoisotopic (exact) mass is 192 g/mol. The highest BCUT2D eigenvalue weighted by atomic mass is 19.1. The minimum Gasteiger partial charge on any atom is -0.478 e. The molecule has 0 aliphatic heterocycles. The maximum absolute atomic E-state index is 13.6. The SMILES string of the molecule is CN(C)C(F)(CCCCN)C(=O)O. The Bertz CT molecular complexity index is 176. The molecule has 5 heteroatoms. The van der Waals surface area contributed by atoms with Crippen LogP contribution in [-0.2, 0) is 4.79 Å². The van der Waals surface area contributed by atoms with Gasteiger partial charge in [-0.05, 0) is 33.5 Å². The molecule has 0 saturated heterocycles. The van der Waals surface area contributed by atoms with Crippen LogP contribution in [0.15, 0.2) is 0 Å². The molecular formula is C8H17FN2O2. The highest BCUT2D eigenvalue weighted by Gasteiger charge is 2.40. The minimum absolute atomic E-state index is 0.0213. The molecule has 0 aliphatic carbocycles. The quantitative estimate of drug-likeness (QED) is 0.473. The summed E-state index contributed by atoms with van der Waals surface area (Å²) in [5.74, 6) is -3.69. The summed E-state index contributed by atoms with van der Waals surface area (Å²) in [6.07, 6.45) is 1.11. The van der Waals surface area contributed by atoms with E-state index in [-0.39, 0.29) is 6.42 Å². The van der Waals surface area contributed by atoms with Gasteiger partial charge in [0.2, 0.25) is 0 Å². The van der Waals surface area contributed by atoms with E-state index in [0.717, 1.165) is 4.90 Å². The van der Waals surface area contributed by atoms with Crippen molar-refractivity contribution in [2.45, 2.75) is 25.1 Å². The third-order valence-electron chi connectivity index (χ3n) is 2.00. The van der Waals surface area contributed by atoms with Gasteiger partial charge in [-0.15, -0.1) is 0 Å². The zero-order valence-electron chi connectivity index (χ0n) is 8.09. The van der Waals surface area contributed by atoms with Crippen LogP contribution in [0, 0.1) is 0 Å². The lowest BCUT2D eigenvalue weighted by Crippen LogP contribution is -2.47. The lowest BCUT2D eigenvalue weighted by atomic mass is 10.1. The van der Waals surface area contributed by atoms with Gasteiger partial charge < -0.3 is 10.8 Å². The van der Waals surface area contributed by atoms with Crippen LogP contribution in [0.2, 0.25) is 0 Å². The van der Waals surface area contributed by atoms with E-state index in [2.05, 4.69) is 0 Å². The topological polar surface area (TPSA) is 66.6 Å². The van der Waals surface area contributed by atoms with E-state index in [4.69, 9.17) is 10.8 Å². The Morgan fingerprint density at radius 1 is 1.54 bits per heavy atom. The van der Waals surface area contributed by atoms with Crippen molar-refractivity contribution >= 4 is 5.97 Å². The number of unbranched alkanes of at least 4 members (excludes halogenated alkanes) is 1. The molecule has 0 aromatic heterocycles. The number of alkyl halides is 1. The molecule has 0 saturated carbocycles. The standard InChI is InChI=1S/C8H17FN2O2/c1-11(2)8(9,7(12)13)5-3-4-6-10/h3-6,10H2,1-2H3,(H,12,13). The van der Waals surface area contributed by atoms with Gasteiger partial charge >= 0.3 is 5.97 Å². The molecule has 0 aromatic carbocycles. The number of carboxylic acid groups (broad SMARTS) is 1. The fourth-order valence-electron chi connectivity index (χ4n) is 1.03. The van der Waals surface area contributed by atoms with Crippen molar-refractivity contribution in [3.05, 3.63) is 0 Å². The number of hydrogen-bond donors (Lipinski definition) is 2. The Kier molecular flexibility index (Phi) is 4.87. The van der Waals surface area contributed by atoms with E-state index < -0.39 is 11.8 Å². The maximum Gasteiger partial charge on any atom is 0.357 e. The highest BCUT2D eigenvalue weighted by molar-refractivity contribution is 5.76. The second-order valence-corrected chi connectivity index (χ2v) is 3.20. The Morgan fingerprint density at radius 2 is 2.08 bits per heavy atom. The number of nitrogens with two attached hydrogens (primary N) is 1. The molecule has 3 N–H and O–H groups in total. The minimum atomic E-state index is -2.25. The number of rotatable bonds is 6. The number of halogens is 1. The summed E-state index contributed by atoms with van der Waals surface area (Å²) >= 11 is 0. The molecule has 0 aliphatic rings. The highest BCUT2D eigenvalue weighted by Crippen LogP contribution is 2.21. The predicted molar refractivity (Wildman–Crippen MR) is 48.1 cm³/mol. The van der Waals surface area contributed by atoms with Gasteiger partial charge in [0.25, 0.3) is 5.79 Å². The Labute approximate surface area is 77.5 Å². The van der Waals surface area contributed by atoms with Crippen LogP contribution in [-0.4, -0.2) is 42.4 Å². The Morgan fingerprint density at radius 3 is 2.38 bits per heavy atom. The smallest absolute Gasteiger partial charge is 0.357 e. The second kappa shape index (κ2) is 5.14. The first-order valence-corrected chi connectivity index (χ1v) is 4.25. The molecule has 0 fully saturated rings. The molecule has 4 nitrogen and oxygen atoms in total. The van der Waals surface area contributed by atoms with E-state index in [1.807, 2.05) is 0 Å². The molecule has 0 amide bonds. The number of nitrogens with zero attached hydrogens (tertiary/aromatic N) is 1. The molecule has 0 aromatic rings. The van der Waals surface area contributed by atoms with Crippen LogP contribution >= 0.6 is 0 Å². The summed E-state index contributed by atoms with van der Waals surface area (Å²) in [4.78, 5) is 11.7. The Balaban J connectivity index is 4.17. The van der Waals surface area contributed by atoms with Gasteiger partial charge in [-0.1, -0.05) is 0 Å². The zero-order valence-corrected chi connectivity index (χ0v) is 8.09. The van der Waals surface area contributed by atoms with E-state index in [1.165, 1.54) is 14.1 Å². The van der Waals surface area contributed by atoms with E-state index in [0.29, 0.717) is 19.4 Å². The first kappa shape index (κ1) is 12.3. The fraction of sp³-hybridized carbons (Fsp3) is 0.875. The van der Waals surface area contributed by atoms with E-state index >= 15 is 0 Å². The van der Waals surface area contributed by atoms with Crippen molar-refractivity contribution in [2.24, 2.45) is 5.73 Å². The predicted octanol–water partition coefficient (Wildman–Crippen LogP) is 0.427.